The first kappa shape index (κ1) is 15.1. The van der Waals surface area contributed by atoms with Gasteiger partial charge in [0.15, 0.2) is 0 Å². The maximum atomic E-state index is 12.6. The van der Waals surface area contributed by atoms with E-state index < -0.39 is 0 Å². The molecule has 2 rings (SSSR count). The molecule has 0 unspecified atom stereocenters. The van der Waals surface area contributed by atoms with Crippen LogP contribution in [0.5, 0.6) is 0 Å². The summed E-state index contributed by atoms with van der Waals surface area (Å²) in [6.07, 6.45) is 0. The van der Waals surface area contributed by atoms with Crippen LogP contribution in [0.3, 0.4) is 0 Å². The Bertz CT molecular complexity index is 595. The molecule has 21 heavy (non-hydrogen) atoms. The molecule has 0 fully saturated rings. The molecule has 2 aromatic carbocycles. The molecular formula is C18H22N2O. The standard InChI is InChI=1S/C18H22N2O/c1-4-20(17-13-9-8-10-15(17)2)18(21)14-19(3)16-11-6-5-7-12-16/h5-13H,4,14H2,1-3H3. The summed E-state index contributed by atoms with van der Waals surface area (Å²) >= 11 is 0. The normalized spacial score (nSPS) is 10.2. The second kappa shape index (κ2) is 6.93. The molecule has 3 heteroatoms. The van der Waals surface area contributed by atoms with Gasteiger partial charge in [0.1, 0.15) is 0 Å². The first-order valence-corrected chi connectivity index (χ1v) is 7.25. The Hall–Kier alpha value is -2.29. The largest absolute Gasteiger partial charge is 0.365 e. The van der Waals surface area contributed by atoms with Crippen molar-refractivity contribution in [2.24, 2.45) is 0 Å². The Kier molecular flexibility index (Phi) is 4.99. The van der Waals surface area contributed by atoms with Crippen molar-refractivity contribution in [3.8, 4) is 0 Å². The third-order valence-electron chi connectivity index (χ3n) is 3.59. The van der Waals surface area contributed by atoms with E-state index in [1.807, 2.05) is 85.3 Å². The summed E-state index contributed by atoms with van der Waals surface area (Å²) in [5.41, 5.74) is 3.16. The molecule has 1 amide bonds. The van der Waals surface area contributed by atoms with Crippen LogP contribution in [-0.2, 0) is 4.79 Å². The Morgan fingerprint density at radius 2 is 1.62 bits per heavy atom. The number of benzene rings is 2. The van der Waals surface area contributed by atoms with Crippen LogP contribution in [0.1, 0.15) is 12.5 Å². The molecule has 0 aromatic heterocycles. The van der Waals surface area contributed by atoms with Crippen molar-refractivity contribution in [2.45, 2.75) is 13.8 Å². The van der Waals surface area contributed by atoms with Crippen LogP contribution in [0, 0.1) is 6.92 Å². The van der Waals surface area contributed by atoms with Crippen LogP contribution >= 0.6 is 0 Å². The maximum absolute atomic E-state index is 12.6. The number of likely N-dealkylation sites (N-methyl/N-ethyl adjacent to an activating group) is 2. The Morgan fingerprint density at radius 1 is 1.00 bits per heavy atom. The van der Waals surface area contributed by atoms with E-state index in [1.54, 1.807) is 0 Å². The zero-order chi connectivity index (χ0) is 15.2. The highest BCUT2D eigenvalue weighted by Crippen LogP contribution is 2.20. The first-order valence-electron chi connectivity index (χ1n) is 7.25. The summed E-state index contributed by atoms with van der Waals surface area (Å²) in [6, 6.07) is 18.0. The minimum Gasteiger partial charge on any atom is -0.365 e. The van der Waals surface area contributed by atoms with Crippen molar-refractivity contribution >= 4 is 17.3 Å². The van der Waals surface area contributed by atoms with Crippen molar-refractivity contribution in [1.82, 2.24) is 0 Å². The lowest BCUT2D eigenvalue weighted by Crippen LogP contribution is -2.39. The van der Waals surface area contributed by atoms with Gasteiger partial charge in [0.25, 0.3) is 0 Å². The summed E-state index contributed by atoms with van der Waals surface area (Å²) in [4.78, 5) is 16.4. The number of carbonyl (C=O) groups excluding carboxylic acids is 1. The Labute approximate surface area is 126 Å². The number of para-hydroxylation sites is 2. The fourth-order valence-corrected chi connectivity index (χ4v) is 2.41. The summed E-state index contributed by atoms with van der Waals surface area (Å²) in [5, 5.41) is 0. The highest BCUT2D eigenvalue weighted by Gasteiger charge is 2.17. The van der Waals surface area contributed by atoms with Gasteiger partial charge in [-0.25, -0.2) is 0 Å². The van der Waals surface area contributed by atoms with E-state index in [0.717, 1.165) is 16.9 Å². The van der Waals surface area contributed by atoms with Crippen LogP contribution in [0.4, 0.5) is 11.4 Å². The SMILES string of the molecule is CCN(C(=O)CN(C)c1ccccc1)c1ccccc1C. The molecule has 0 radical (unpaired) electrons. The number of anilines is 2. The van der Waals surface area contributed by atoms with Crippen LogP contribution in [-0.4, -0.2) is 26.0 Å². The monoisotopic (exact) mass is 282 g/mol. The molecule has 0 aliphatic carbocycles. The molecule has 0 heterocycles. The van der Waals surface area contributed by atoms with E-state index in [2.05, 4.69) is 0 Å². The van der Waals surface area contributed by atoms with Crippen molar-refractivity contribution in [1.29, 1.82) is 0 Å². The van der Waals surface area contributed by atoms with E-state index in [9.17, 15) is 4.79 Å². The summed E-state index contributed by atoms with van der Waals surface area (Å²) < 4.78 is 0. The Morgan fingerprint density at radius 3 is 2.24 bits per heavy atom. The molecule has 0 bridgehead atoms. The van der Waals surface area contributed by atoms with Gasteiger partial charge in [0, 0.05) is 25.0 Å². The van der Waals surface area contributed by atoms with Gasteiger partial charge in [0.2, 0.25) is 5.91 Å². The van der Waals surface area contributed by atoms with Gasteiger partial charge in [-0.05, 0) is 37.6 Å². The Balaban J connectivity index is 2.13. The zero-order valence-corrected chi connectivity index (χ0v) is 12.9. The smallest absolute Gasteiger partial charge is 0.246 e. The molecule has 0 saturated carbocycles. The first-order chi connectivity index (χ1) is 10.1. The second-order valence-corrected chi connectivity index (χ2v) is 5.12. The van der Waals surface area contributed by atoms with E-state index in [0.29, 0.717) is 13.1 Å². The number of amides is 1. The average molecular weight is 282 g/mol. The molecule has 0 spiro atoms. The predicted octanol–water partition coefficient (Wildman–Crippen LogP) is 3.48. The fourth-order valence-electron chi connectivity index (χ4n) is 2.41. The fraction of sp³-hybridized carbons (Fsp3) is 0.278. The van der Waals surface area contributed by atoms with Crippen molar-refractivity contribution in [3.63, 3.8) is 0 Å². The number of rotatable bonds is 5. The van der Waals surface area contributed by atoms with E-state index >= 15 is 0 Å². The van der Waals surface area contributed by atoms with Gasteiger partial charge in [-0.1, -0.05) is 36.4 Å². The summed E-state index contributed by atoms with van der Waals surface area (Å²) in [5.74, 6) is 0.109. The lowest BCUT2D eigenvalue weighted by molar-refractivity contribution is -0.117. The van der Waals surface area contributed by atoms with Crippen molar-refractivity contribution in [2.75, 3.05) is 29.9 Å². The molecule has 0 aliphatic heterocycles. The highest BCUT2D eigenvalue weighted by atomic mass is 16.2. The number of aryl methyl sites for hydroxylation is 1. The summed E-state index contributed by atoms with van der Waals surface area (Å²) in [7, 11) is 1.94. The molecule has 3 nitrogen and oxygen atoms in total. The van der Waals surface area contributed by atoms with Gasteiger partial charge < -0.3 is 9.80 Å². The zero-order valence-electron chi connectivity index (χ0n) is 12.9. The minimum atomic E-state index is 0.109. The van der Waals surface area contributed by atoms with Gasteiger partial charge in [0.05, 0.1) is 6.54 Å². The molecule has 0 aliphatic rings. The van der Waals surface area contributed by atoms with E-state index in [-0.39, 0.29) is 5.91 Å². The van der Waals surface area contributed by atoms with E-state index in [4.69, 9.17) is 0 Å². The van der Waals surface area contributed by atoms with Crippen LogP contribution < -0.4 is 9.80 Å². The summed E-state index contributed by atoms with van der Waals surface area (Å²) in [6.45, 7) is 5.08. The molecule has 0 N–H and O–H groups in total. The molecule has 0 atom stereocenters. The lowest BCUT2D eigenvalue weighted by atomic mass is 10.2. The van der Waals surface area contributed by atoms with E-state index in [1.165, 1.54) is 0 Å². The number of carbonyl (C=O) groups is 1. The van der Waals surface area contributed by atoms with Gasteiger partial charge in [-0.15, -0.1) is 0 Å². The van der Waals surface area contributed by atoms with Crippen molar-refractivity contribution < 1.29 is 4.79 Å². The van der Waals surface area contributed by atoms with Crippen LogP contribution in [0.15, 0.2) is 54.6 Å². The molecule has 0 saturated heterocycles. The third kappa shape index (κ3) is 3.63. The lowest BCUT2D eigenvalue weighted by Gasteiger charge is -2.26. The quantitative estimate of drug-likeness (QED) is 0.838. The minimum absolute atomic E-state index is 0.109. The molecule has 2 aromatic rings. The van der Waals surface area contributed by atoms with Crippen molar-refractivity contribution in [3.05, 3.63) is 60.2 Å². The van der Waals surface area contributed by atoms with Gasteiger partial charge in [-0.2, -0.15) is 0 Å². The number of hydrogen-bond donors (Lipinski definition) is 0. The molecular weight excluding hydrogens is 260 g/mol. The predicted molar refractivity (Wildman–Crippen MR) is 88.9 cm³/mol. The maximum Gasteiger partial charge on any atom is 0.246 e. The van der Waals surface area contributed by atoms with Crippen LogP contribution in [0.25, 0.3) is 0 Å². The topological polar surface area (TPSA) is 23.6 Å². The second-order valence-electron chi connectivity index (χ2n) is 5.12. The van der Waals surface area contributed by atoms with Crippen LogP contribution in [0.2, 0.25) is 0 Å². The third-order valence-corrected chi connectivity index (χ3v) is 3.59. The number of hydrogen-bond acceptors (Lipinski definition) is 2. The highest BCUT2D eigenvalue weighted by molar-refractivity contribution is 5.97. The van der Waals surface area contributed by atoms with Gasteiger partial charge in [-0.3, -0.25) is 4.79 Å². The number of nitrogens with zero attached hydrogens (tertiary/aromatic N) is 2. The molecule has 110 valence electrons. The average Bonchev–Trinajstić information content (AvgIpc) is 2.50. The van der Waals surface area contributed by atoms with Gasteiger partial charge >= 0.3 is 0 Å².